The third kappa shape index (κ3) is 3.85. The van der Waals surface area contributed by atoms with E-state index in [9.17, 15) is 0 Å². The number of benzene rings is 1. The van der Waals surface area contributed by atoms with Gasteiger partial charge in [-0.15, -0.1) is 5.10 Å². The molecular weight excluding hydrogens is 396 g/mol. The molecule has 1 aromatic carbocycles. The van der Waals surface area contributed by atoms with E-state index in [1.54, 1.807) is 7.11 Å². The molecule has 1 aliphatic carbocycles. The third-order valence-corrected chi connectivity index (χ3v) is 6.41. The smallest absolute Gasteiger partial charge is 0.203 e. The van der Waals surface area contributed by atoms with Gasteiger partial charge in [0, 0.05) is 29.7 Å². The normalized spacial score (nSPS) is 17.3. The number of rotatable bonds is 6. The molecule has 2 aliphatic rings. The van der Waals surface area contributed by atoms with E-state index in [0.717, 1.165) is 54.8 Å². The van der Waals surface area contributed by atoms with Gasteiger partial charge in [-0.1, -0.05) is 0 Å². The molecule has 2 fully saturated rings. The Morgan fingerprint density at radius 1 is 1.07 bits per heavy atom. The van der Waals surface area contributed by atoms with Crippen molar-refractivity contribution in [2.45, 2.75) is 25.6 Å². The van der Waals surface area contributed by atoms with Crippen molar-refractivity contribution < 1.29 is 9.64 Å². The van der Waals surface area contributed by atoms with Gasteiger partial charge in [-0.3, -0.25) is 9.55 Å². The molecule has 1 saturated carbocycles. The minimum absolute atomic E-state index is 0.497. The molecule has 0 bridgehead atoms. The summed E-state index contributed by atoms with van der Waals surface area (Å²) >= 11 is 5.83. The van der Waals surface area contributed by atoms with Gasteiger partial charge in [0.15, 0.2) is 12.5 Å². The molecule has 0 spiro atoms. The van der Waals surface area contributed by atoms with E-state index >= 15 is 0 Å². The second-order valence-corrected chi connectivity index (χ2v) is 8.40. The fraction of sp³-hybridized carbons (Fsp3) is 0.409. The Morgan fingerprint density at radius 2 is 1.77 bits per heavy atom. The van der Waals surface area contributed by atoms with Crippen molar-refractivity contribution in [2.24, 2.45) is 0 Å². The lowest BCUT2D eigenvalue weighted by atomic mass is 10.2. The first-order valence-electron chi connectivity index (χ1n) is 10.6. The second kappa shape index (κ2) is 8.20. The summed E-state index contributed by atoms with van der Waals surface area (Å²) in [6, 6.07) is 12.9. The van der Waals surface area contributed by atoms with Gasteiger partial charge in [-0.2, -0.15) is 4.68 Å². The fourth-order valence-electron chi connectivity index (χ4n) is 4.13. The van der Waals surface area contributed by atoms with E-state index in [-0.39, 0.29) is 0 Å². The predicted molar refractivity (Wildman–Crippen MR) is 118 cm³/mol. The average Bonchev–Trinajstić information content (AvgIpc) is 3.59. The molecule has 5 rings (SSSR count). The van der Waals surface area contributed by atoms with Crippen molar-refractivity contribution in [3.05, 3.63) is 53.6 Å². The van der Waals surface area contributed by atoms with Crippen LogP contribution in [0.2, 0.25) is 0 Å². The van der Waals surface area contributed by atoms with Crippen molar-refractivity contribution in [2.75, 3.05) is 38.2 Å². The van der Waals surface area contributed by atoms with Crippen LogP contribution in [0, 0.1) is 4.77 Å². The van der Waals surface area contributed by atoms with Gasteiger partial charge < -0.3 is 14.5 Å². The first kappa shape index (κ1) is 19.3. The lowest BCUT2D eigenvalue weighted by Gasteiger charge is -2.33. The molecule has 0 amide bonds. The van der Waals surface area contributed by atoms with Crippen LogP contribution in [-0.4, -0.2) is 52.6 Å². The maximum atomic E-state index is 5.83. The van der Waals surface area contributed by atoms with E-state index in [1.165, 1.54) is 23.4 Å². The lowest BCUT2D eigenvalue weighted by molar-refractivity contribution is -0.924. The Hall–Kier alpha value is -2.71. The largest absolute Gasteiger partial charge is 0.497 e. The molecule has 2 aromatic heterocycles. The van der Waals surface area contributed by atoms with E-state index < -0.39 is 0 Å². The zero-order valence-corrected chi connectivity index (χ0v) is 18.0. The van der Waals surface area contributed by atoms with Crippen LogP contribution in [0.15, 0.2) is 48.8 Å². The van der Waals surface area contributed by atoms with Gasteiger partial charge >= 0.3 is 0 Å². The summed E-state index contributed by atoms with van der Waals surface area (Å²) in [6.45, 7) is 4.99. The summed E-state index contributed by atoms with van der Waals surface area (Å²) in [5.74, 6) is 1.87. The summed E-state index contributed by atoms with van der Waals surface area (Å²) in [7, 11) is 1.70. The SMILES string of the molecule is COc1ccc(N2CC[NH+](Cn3nc(-c4ccncc4)n(C4CC4)c3=S)CC2)cc1. The highest BCUT2D eigenvalue weighted by molar-refractivity contribution is 7.71. The summed E-state index contributed by atoms with van der Waals surface area (Å²) in [4.78, 5) is 8.09. The van der Waals surface area contributed by atoms with Crippen LogP contribution in [0.5, 0.6) is 5.75 Å². The highest BCUT2D eigenvalue weighted by Crippen LogP contribution is 2.38. The van der Waals surface area contributed by atoms with Gasteiger partial charge in [0.2, 0.25) is 4.77 Å². The molecule has 8 heteroatoms. The van der Waals surface area contributed by atoms with Crippen LogP contribution in [0.4, 0.5) is 5.69 Å². The fourth-order valence-corrected chi connectivity index (χ4v) is 4.47. The Bertz CT molecular complexity index is 1050. The molecule has 1 N–H and O–H groups in total. The van der Waals surface area contributed by atoms with E-state index in [1.807, 2.05) is 41.3 Å². The maximum absolute atomic E-state index is 5.83. The number of anilines is 1. The minimum Gasteiger partial charge on any atom is -0.497 e. The molecule has 30 heavy (non-hydrogen) atoms. The van der Waals surface area contributed by atoms with Crippen LogP contribution in [0.25, 0.3) is 11.4 Å². The van der Waals surface area contributed by atoms with Crippen molar-refractivity contribution in [1.29, 1.82) is 0 Å². The molecule has 156 valence electrons. The predicted octanol–water partition coefficient (Wildman–Crippen LogP) is 2.18. The number of pyridine rings is 1. The van der Waals surface area contributed by atoms with Crippen molar-refractivity contribution in [3.63, 3.8) is 0 Å². The Balaban J connectivity index is 1.29. The molecule has 7 nitrogen and oxygen atoms in total. The van der Waals surface area contributed by atoms with Gasteiger partial charge in [-0.25, -0.2) is 0 Å². The van der Waals surface area contributed by atoms with Gasteiger partial charge in [0.05, 0.1) is 33.3 Å². The van der Waals surface area contributed by atoms with E-state index in [2.05, 4.69) is 26.6 Å². The monoisotopic (exact) mass is 423 g/mol. The third-order valence-electron chi connectivity index (χ3n) is 6.00. The molecule has 0 unspecified atom stereocenters. The number of nitrogens with one attached hydrogen (secondary N) is 1. The maximum Gasteiger partial charge on any atom is 0.203 e. The Kier molecular flexibility index (Phi) is 5.26. The number of hydrogen-bond donors (Lipinski definition) is 1. The highest BCUT2D eigenvalue weighted by Gasteiger charge is 2.30. The highest BCUT2D eigenvalue weighted by atomic mass is 32.1. The molecule has 0 radical (unpaired) electrons. The number of quaternary nitrogens is 1. The molecule has 1 saturated heterocycles. The van der Waals surface area contributed by atoms with Crippen molar-refractivity contribution in [1.82, 2.24) is 19.3 Å². The number of nitrogens with zero attached hydrogens (tertiary/aromatic N) is 5. The summed E-state index contributed by atoms with van der Waals surface area (Å²) in [5, 5.41) is 4.93. The summed E-state index contributed by atoms with van der Waals surface area (Å²) in [5.41, 5.74) is 2.34. The first-order valence-corrected chi connectivity index (χ1v) is 11.0. The first-order chi connectivity index (χ1) is 14.7. The van der Waals surface area contributed by atoms with E-state index in [0.29, 0.717) is 6.04 Å². The summed E-state index contributed by atoms with van der Waals surface area (Å²) < 4.78 is 10.4. The van der Waals surface area contributed by atoms with Gasteiger partial charge in [0.25, 0.3) is 0 Å². The molecule has 3 heterocycles. The quantitative estimate of drug-likeness (QED) is 0.616. The standard InChI is InChI=1S/C22H26N6OS/c1-29-20-6-4-18(5-7-20)26-14-12-25(13-15-26)16-27-22(30)28(19-2-3-19)21(24-27)17-8-10-23-11-9-17/h4-11,19H,2-3,12-16H2,1H3/p+1. The lowest BCUT2D eigenvalue weighted by Crippen LogP contribution is -3.14. The topological polar surface area (TPSA) is 52.6 Å². The molecule has 1 aliphatic heterocycles. The molecule has 0 atom stereocenters. The van der Waals surface area contributed by atoms with Crippen LogP contribution in [0.3, 0.4) is 0 Å². The Morgan fingerprint density at radius 3 is 2.40 bits per heavy atom. The average molecular weight is 424 g/mol. The molecular formula is C22H27N6OS+. The number of aromatic nitrogens is 4. The Labute approximate surface area is 181 Å². The van der Waals surface area contributed by atoms with Crippen LogP contribution in [-0.2, 0) is 6.67 Å². The van der Waals surface area contributed by atoms with Crippen LogP contribution >= 0.6 is 12.2 Å². The number of hydrogen-bond acceptors (Lipinski definition) is 5. The van der Waals surface area contributed by atoms with Crippen LogP contribution in [0.1, 0.15) is 18.9 Å². The summed E-state index contributed by atoms with van der Waals surface area (Å²) in [6.07, 6.45) is 6.01. The zero-order valence-electron chi connectivity index (χ0n) is 17.2. The minimum atomic E-state index is 0.497. The zero-order chi connectivity index (χ0) is 20.5. The van der Waals surface area contributed by atoms with Crippen LogP contribution < -0.4 is 14.5 Å². The number of methoxy groups -OCH3 is 1. The second-order valence-electron chi connectivity index (χ2n) is 8.04. The van der Waals surface area contributed by atoms with Gasteiger partial charge in [-0.05, 0) is 61.5 Å². The molecule has 3 aromatic rings. The van der Waals surface area contributed by atoms with Gasteiger partial charge in [0.1, 0.15) is 5.75 Å². The van der Waals surface area contributed by atoms with E-state index in [4.69, 9.17) is 22.1 Å². The van der Waals surface area contributed by atoms with Crippen molar-refractivity contribution >= 4 is 17.9 Å². The number of ether oxygens (including phenoxy) is 1. The number of piperazine rings is 1. The van der Waals surface area contributed by atoms with Crippen molar-refractivity contribution in [3.8, 4) is 17.1 Å².